The van der Waals surface area contributed by atoms with Crippen molar-refractivity contribution in [2.24, 2.45) is 0 Å². The van der Waals surface area contributed by atoms with E-state index < -0.39 is 29.4 Å². The zero-order valence-electron chi connectivity index (χ0n) is 15.7. The largest absolute Gasteiger partial charge is 0.507 e. The SMILES string of the molecule is C/C=C(\C)C(=O)O[C@@H](CC=C(C)C)C1=CC(=O)c2c(O)ccc(O)c2C1=O. The molecule has 2 rings (SSSR count). The highest BCUT2D eigenvalue weighted by Crippen LogP contribution is 2.36. The smallest absolute Gasteiger partial charge is 0.334 e. The fourth-order valence-corrected chi connectivity index (χ4v) is 2.64. The number of fused-ring (bicyclic) bond motifs is 1. The molecular formula is C21H22O6. The molecule has 1 aromatic carbocycles. The molecule has 0 fully saturated rings. The lowest BCUT2D eigenvalue weighted by Crippen LogP contribution is -2.29. The summed E-state index contributed by atoms with van der Waals surface area (Å²) in [6, 6.07) is 2.29. The van der Waals surface area contributed by atoms with Crippen molar-refractivity contribution in [2.75, 3.05) is 0 Å². The van der Waals surface area contributed by atoms with Gasteiger partial charge in [0.05, 0.1) is 11.1 Å². The number of allylic oxidation sites excluding steroid dienone is 3. The van der Waals surface area contributed by atoms with Gasteiger partial charge in [-0.15, -0.1) is 0 Å². The molecule has 1 aliphatic carbocycles. The number of hydrogen-bond donors (Lipinski definition) is 2. The number of carbonyl (C=O) groups is 3. The molecule has 1 aliphatic rings. The summed E-state index contributed by atoms with van der Waals surface area (Å²) in [6.07, 6.45) is 3.64. The van der Waals surface area contributed by atoms with Gasteiger partial charge in [-0.1, -0.05) is 17.7 Å². The van der Waals surface area contributed by atoms with Gasteiger partial charge < -0.3 is 14.9 Å². The third-order valence-corrected chi connectivity index (χ3v) is 4.27. The van der Waals surface area contributed by atoms with Gasteiger partial charge in [-0.3, -0.25) is 9.59 Å². The molecule has 142 valence electrons. The summed E-state index contributed by atoms with van der Waals surface area (Å²) in [5, 5.41) is 20.0. The van der Waals surface area contributed by atoms with E-state index >= 15 is 0 Å². The molecule has 0 aliphatic heterocycles. The van der Waals surface area contributed by atoms with Crippen molar-refractivity contribution >= 4 is 17.5 Å². The average molecular weight is 370 g/mol. The Kier molecular flexibility index (Phi) is 6.00. The summed E-state index contributed by atoms with van der Waals surface area (Å²) < 4.78 is 5.46. The molecule has 0 amide bonds. The lowest BCUT2D eigenvalue weighted by molar-refractivity contribution is -0.142. The second-order valence-corrected chi connectivity index (χ2v) is 6.53. The second-order valence-electron chi connectivity index (χ2n) is 6.53. The van der Waals surface area contributed by atoms with Gasteiger partial charge in [-0.25, -0.2) is 4.79 Å². The number of hydrogen-bond acceptors (Lipinski definition) is 6. The summed E-state index contributed by atoms with van der Waals surface area (Å²) in [6.45, 7) is 6.99. The topological polar surface area (TPSA) is 101 Å². The van der Waals surface area contributed by atoms with Crippen molar-refractivity contribution in [3.05, 3.63) is 58.2 Å². The molecule has 0 spiro atoms. The van der Waals surface area contributed by atoms with Crippen molar-refractivity contribution in [3.63, 3.8) is 0 Å². The van der Waals surface area contributed by atoms with Crippen LogP contribution in [0.2, 0.25) is 0 Å². The van der Waals surface area contributed by atoms with Gasteiger partial charge in [0.15, 0.2) is 11.6 Å². The van der Waals surface area contributed by atoms with E-state index in [1.807, 2.05) is 13.8 Å². The Balaban J connectivity index is 2.51. The Morgan fingerprint density at radius 1 is 1.11 bits per heavy atom. The van der Waals surface area contributed by atoms with E-state index in [-0.39, 0.29) is 28.9 Å². The van der Waals surface area contributed by atoms with Gasteiger partial charge in [0.2, 0.25) is 0 Å². The van der Waals surface area contributed by atoms with Crippen molar-refractivity contribution in [3.8, 4) is 11.5 Å². The summed E-state index contributed by atoms with van der Waals surface area (Å²) in [4.78, 5) is 37.6. The summed E-state index contributed by atoms with van der Waals surface area (Å²) >= 11 is 0. The minimum Gasteiger partial charge on any atom is -0.507 e. The summed E-state index contributed by atoms with van der Waals surface area (Å²) in [5.74, 6) is -2.69. The van der Waals surface area contributed by atoms with Gasteiger partial charge in [0.25, 0.3) is 0 Å². The first-order chi connectivity index (χ1) is 12.7. The lowest BCUT2D eigenvalue weighted by atomic mass is 9.85. The highest BCUT2D eigenvalue weighted by Gasteiger charge is 2.35. The number of phenols is 2. The lowest BCUT2D eigenvalue weighted by Gasteiger charge is -2.23. The number of carbonyl (C=O) groups excluding carboxylic acids is 3. The average Bonchev–Trinajstić information content (AvgIpc) is 2.62. The Morgan fingerprint density at radius 2 is 1.70 bits per heavy atom. The normalized spacial score (nSPS) is 15.0. The van der Waals surface area contributed by atoms with E-state index in [2.05, 4.69) is 0 Å². The van der Waals surface area contributed by atoms with E-state index in [0.29, 0.717) is 5.57 Å². The van der Waals surface area contributed by atoms with Crippen LogP contribution in [0, 0.1) is 0 Å². The highest BCUT2D eigenvalue weighted by molar-refractivity contribution is 6.27. The van der Waals surface area contributed by atoms with Crippen molar-refractivity contribution in [1.82, 2.24) is 0 Å². The first-order valence-electron chi connectivity index (χ1n) is 8.50. The van der Waals surface area contributed by atoms with Crippen LogP contribution in [0.15, 0.2) is 47.1 Å². The zero-order valence-corrected chi connectivity index (χ0v) is 15.7. The number of ketones is 2. The monoisotopic (exact) mass is 370 g/mol. The van der Waals surface area contributed by atoms with Crippen LogP contribution in [0.25, 0.3) is 0 Å². The van der Waals surface area contributed by atoms with E-state index in [0.717, 1.165) is 23.8 Å². The van der Waals surface area contributed by atoms with E-state index in [9.17, 15) is 24.6 Å². The molecule has 0 aromatic heterocycles. The van der Waals surface area contributed by atoms with Gasteiger partial charge in [-0.2, -0.15) is 0 Å². The van der Waals surface area contributed by atoms with E-state index in [1.165, 1.54) is 0 Å². The minimum absolute atomic E-state index is 0.0387. The van der Waals surface area contributed by atoms with Crippen LogP contribution in [0.5, 0.6) is 11.5 Å². The molecule has 1 atom stereocenters. The molecular weight excluding hydrogens is 348 g/mol. The fraction of sp³-hybridized carbons (Fsp3) is 0.286. The Hall–Kier alpha value is -3.15. The van der Waals surface area contributed by atoms with Crippen LogP contribution in [-0.2, 0) is 9.53 Å². The number of ether oxygens (including phenoxy) is 1. The number of rotatable bonds is 5. The molecule has 0 saturated carbocycles. The Labute approximate surface area is 157 Å². The van der Waals surface area contributed by atoms with Crippen molar-refractivity contribution in [1.29, 1.82) is 0 Å². The maximum absolute atomic E-state index is 12.9. The molecule has 6 heteroatoms. The number of phenolic OH excluding ortho intramolecular Hbond substituents is 2. The molecule has 6 nitrogen and oxygen atoms in total. The molecule has 0 bridgehead atoms. The number of benzene rings is 1. The maximum atomic E-state index is 12.9. The number of Topliss-reactive ketones (excluding diaryl/α,β-unsaturated/α-hetero) is 1. The van der Waals surface area contributed by atoms with Crippen LogP contribution in [-0.4, -0.2) is 33.9 Å². The Bertz CT molecular complexity index is 897. The molecule has 0 unspecified atom stereocenters. The highest BCUT2D eigenvalue weighted by atomic mass is 16.5. The third kappa shape index (κ3) is 4.16. The Morgan fingerprint density at radius 3 is 2.26 bits per heavy atom. The van der Waals surface area contributed by atoms with Crippen molar-refractivity contribution in [2.45, 2.75) is 40.2 Å². The number of esters is 1. The predicted octanol–water partition coefficient (Wildman–Crippen LogP) is 3.64. The zero-order chi connectivity index (χ0) is 20.3. The van der Waals surface area contributed by atoms with Gasteiger partial charge in [-0.05, 0) is 45.9 Å². The molecule has 1 aromatic rings. The molecule has 0 saturated heterocycles. The van der Waals surface area contributed by atoms with Crippen molar-refractivity contribution < 1.29 is 29.3 Å². The first kappa shape index (κ1) is 20.2. The number of aromatic hydroxyl groups is 2. The molecule has 0 heterocycles. The van der Waals surface area contributed by atoms with Crippen LogP contribution in [0.3, 0.4) is 0 Å². The van der Waals surface area contributed by atoms with Gasteiger partial charge in [0.1, 0.15) is 17.6 Å². The second kappa shape index (κ2) is 8.03. The van der Waals surface area contributed by atoms with Gasteiger partial charge >= 0.3 is 5.97 Å². The van der Waals surface area contributed by atoms with Crippen LogP contribution >= 0.6 is 0 Å². The summed E-state index contributed by atoms with van der Waals surface area (Å²) in [5.41, 5.74) is 0.755. The predicted molar refractivity (Wildman–Crippen MR) is 99.9 cm³/mol. The maximum Gasteiger partial charge on any atom is 0.334 e. The molecule has 2 N–H and O–H groups in total. The third-order valence-electron chi connectivity index (χ3n) is 4.27. The fourth-order valence-electron chi connectivity index (χ4n) is 2.64. The first-order valence-corrected chi connectivity index (χ1v) is 8.50. The van der Waals surface area contributed by atoms with Crippen LogP contribution < -0.4 is 0 Å². The standard InChI is InChI=1S/C21H22O6/c1-5-12(4)21(26)27-17(9-6-11(2)3)13-10-16(24)18-14(22)7-8-15(23)19(18)20(13)25/h5-8,10,17,22-23H,9H2,1-4H3/b12-5+/t17-/m0/s1. The minimum atomic E-state index is -0.992. The van der Waals surface area contributed by atoms with Gasteiger partial charge in [0, 0.05) is 17.6 Å². The molecule has 0 radical (unpaired) electrons. The van der Waals surface area contributed by atoms with Crippen LogP contribution in [0.1, 0.15) is 54.8 Å². The summed E-state index contributed by atoms with van der Waals surface area (Å²) in [7, 11) is 0. The quantitative estimate of drug-likeness (QED) is 0.355. The molecule has 27 heavy (non-hydrogen) atoms. The van der Waals surface area contributed by atoms with E-state index in [4.69, 9.17) is 4.74 Å². The van der Waals surface area contributed by atoms with E-state index in [1.54, 1.807) is 26.0 Å². The van der Waals surface area contributed by atoms with Crippen LogP contribution in [0.4, 0.5) is 0 Å².